The third-order valence-corrected chi connectivity index (χ3v) is 7.81. The van der Waals surface area contributed by atoms with E-state index >= 15 is 0 Å². The zero-order valence-corrected chi connectivity index (χ0v) is 22.7. The summed E-state index contributed by atoms with van der Waals surface area (Å²) in [4.78, 5) is -0.535. The Morgan fingerprint density at radius 2 is 1.42 bits per heavy atom. The van der Waals surface area contributed by atoms with Gasteiger partial charge in [0.1, 0.15) is 27.9 Å². The summed E-state index contributed by atoms with van der Waals surface area (Å²) in [6.45, 7) is 0. The Kier molecular flexibility index (Phi) is 8.44. The molecule has 0 radical (unpaired) electrons. The third kappa shape index (κ3) is 6.13. The number of rotatable bonds is 10. The third-order valence-electron chi connectivity index (χ3n) is 5.61. The molecule has 0 aliphatic heterocycles. The Bertz CT molecular complexity index is 1570. The molecular formula is C25H28N2O9S2. The van der Waals surface area contributed by atoms with Crippen molar-refractivity contribution >= 4 is 37.4 Å². The molecule has 0 saturated carbocycles. The Morgan fingerprint density at radius 3 is 1.95 bits per heavy atom. The molecule has 3 rings (SSSR count). The second-order valence-electron chi connectivity index (χ2n) is 8.01. The molecule has 11 nitrogen and oxygen atoms in total. The summed E-state index contributed by atoms with van der Waals surface area (Å²) in [6, 6.07) is 10.1. The van der Waals surface area contributed by atoms with Crippen molar-refractivity contribution in [1.29, 1.82) is 0 Å². The number of nitrogen functional groups attached to an aromatic ring is 2. The second kappa shape index (κ2) is 11.2. The fourth-order valence-electron chi connectivity index (χ4n) is 3.83. The standard InChI is InChI=1S/C25H28N2O9S2/c1-33-16-12-21(35-3)17(22(13-16)36-4)9-10-37(28,29)14-15-5-7-20(34-2)18(11-15)24-19(26)6-8-23(25(24)27)38(30,31)32/h5-13H,14,26-27H2,1-4H3,(H,30,31,32)/b10-9+. The summed E-state index contributed by atoms with van der Waals surface area (Å²) in [5, 5.41) is 1.03. The van der Waals surface area contributed by atoms with Gasteiger partial charge in [0.05, 0.1) is 45.4 Å². The van der Waals surface area contributed by atoms with Gasteiger partial charge in [-0.05, 0) is 35.9 Å². The first kappa shape index (κ1) is 28.6. The molecule has 0 aromatic heterocycles. The quantitative estimate of drug-likeness (QED) is 0.243. The van der Waals surface area contributed by atoms with Crippen molar-refractivity contribution in [2.75, 3.05) is 39.9 Å². The average Bonchev–Trinajstić information content (AvgIpc) is 2.86. The van der Waals surface area contributed by atoms with Crippen molar-refractivity contribution < 1.29 is 40.3 Å². The molecule has 5 N–H and O–H groups in total. The van der Waals surface area contributed by atoms with Gasteiger partial charge < -0.3 is 30.4 Å². The van der Waals surface area contributed by atoms with E-state index in [2.05, 4.69) is 0 Å². The molecule has 13 heteroatoms. The van der Waals surface area contributed by atoms with Crippen molar-refractivity contribution in [3.8, 4) is 34.1 Å². The van der Waals surface area contributed by atoms with Gasteiger partial charge in [-0.3, -0.25) is 4.55 Å². The Labute approximate surface area is 221 Å². The minimum atomic E-state index is -4.64. The molecule has 0 spiro atoms. The van der Waals surface area contributed by atoms with Crippen LogP contribution in [0.25, 0.3) is 17.2 Å². The molecule has 0 aliphatic carbocycles. The van der Waals surface area contributed by atoms with Gasteiger partial charge >= 0.3 is 0 Å². The number of nitrogens with two attached hydrogens (primary N) is 2. The maximum absolute atomic E-state index is 13.0. The fourth-order valence-corrected chi connectivity index (χ4v) is 5.54. The highest BCUT2D eigenvalue weighted by Crippen LogP contribution is 2.41. The van der Waals surface area contributed by atoms with Crippen LogP contribution in [0.1, 0.15) is 11.1 Å². The highest BCUT2D eigenvalue weighted by Gasteiger charge is 2.22. The predicted octanol–water partition coefficient (Wildman–Crippen LogP) is 3.38. The predicted molar refractivity (Wildman–Crippen MR) is 145 cm³/mol. The van der Waals surface area contributed by atoms with Crippen molar-refractivity contribution in [2.45, 2.75) is 10.6 Å². The lowest BCUT2D eigenvalue weighted by Gasteiger charge is -2.16. The lowest BCUT2D eigenvalue weighted by Crippen LogP contribution is -2.07. The summed E-state index contributed by atoms with van der Waals surface area (Å²) < 4.78 is 80.4. The van der Waals surface area contributed by atoms with Crippen LogP contribution in [-0.4, -0.2) is 49.8 Å². The summed E-state index contributed by atoms with van der Waals surface area (Å²) in [7, 11) is -2.73. The van der Waals surface area contributed by atoms with Gasteiger partial charge in [0.25, 0.3) is 10.1 Å². The number of benzene rings is 3. The van der Waals surface area contributed by atoms with Crippen LogP contribution in [0.15, 0.2) is 52.8 Å². The monoisotopic (exact) mass is 564 g/mol. The molecule has 0 unspecified atom stereocenters. The van der Waals surface area contributed by atoms with Crippen LogP contribution in [0.2, 0.25) is 0 Å². The fraction of sp³-hybridized carbons (Fsp3) is 0.200. The van der Waals surface area contributed by atoms with Gasteiger partial charge in [-0.1, -0.05) is 6.07 Å². The molecule has 0 aliphatic rings. The highest BCUT2D eigenvalue weighted by atomic mass is 32.2. The van der Waals surface area contributed by atoms with Gasteiger partial charge in [-0.2, -0.15) is 8.42 Å². The molecule has 0 bridgehead atoms. The molecule has 0 fully saturated rings. The van der Waals surface area contributed by atoms with Gasteiger partial charge in [0.2, 0.25) is 0 Å². The number of hydrogen-bond acceptors (Lipinski definition) is 10. The maximum Gasteiger partial charge on any atom is 0.296 e. The van der Waals surface area contributed by atoms with E-state index in [-0.39, 0.29) is 28.3 Å². The van der Waals surface area contributed by atoms with Crippen LogP contribution < -0.4 is 30.4 Å². The highest BCUT2D eigenvalue weighted by molar-refractivity contribution is 7.93. The molecular weight excluding hydrogens is 536 g/mol. The van der Waals surface area contributed by atoms with Crippen molar-refractivity contribution in [1.82, 2.24) is 0 Å². The Balaban J connectivity index is 2.05. The van der Waals surface area contributed by atoms with Crippen LogP contribution >= 0.6 is 0 Å². The van der Waals surface area contributed by atoms with E-state index in [1.165, 1.54) is 52.7 Å². The normalized spacial score (nSPS) is 11.9. The van der Waals surface area contributed by atoms with Gasteiger partial charge in [0, 0.05) is 34.4 Å². The first-order valence-electron chi connectivity index (χ1n) is 10.9. The summed E-state index contributed by atoms with van der Waals surface area (Å²) in [5.41, 5.74) is 13.0. The van der Waals surface area contributed by atoms with Crippen molar-refractivity contribution in [2.24, 2.45) is 0 Å². The van der Waals surface area contributed by atoms with Gasteiger partial charge in [-0.15, -0.1) is 0 Å². The van der Waals surface area contributed by atoms with Crippen LogP contribution in [-0.2, 0) is 25.7 Å². The Hall–Kier alpha value is -3.94. The zero-order chi connectivity index (χ0) is 28.3. The lowest BCUT2D eigenvalue weighted by molar-refractivity contribution is 0.374. The largest absolute Gasteiger partial charge is 0.496 e. The van der Waals surface area contributed by atoms with Crippen LogP contribution in [0, 0.1) is 0 Å². The molecule has 3 aromatic carbocycles. The maximum atomic E-state index is 13.0. The molecule has 0 amide bonds. The average molecular weight is 565 g/mol. The number of methoxy groups -OCH3 is 4. The minimum Gasteiger partial charge on any atom is -0.496 e. The van der Waals surface area contributed by atoms with E-state index < -0.39 is 30.6 Å². The summed E-state index contributed by atoms with van der Waals surface area (Å²) >= 11 is 0. The minimum absolute atomic E-state index is 0.0828. The smallest absolute Gasteiger partial charge is 0.296 e. The van der Waals surface area contributed by atoms with Gasteiger partial charge in [-0.25, -0.2) is 8.42 Å². The molecule has 38 heavy (non-hydrogen) atoms. The number of anilines is 2. The van der Waals surface area contributed by atoms with E-state index in [9.17, 15) is 21.4 Å². The van der Waals surface area contributed by atoms with Crippen molar-refractivity contribution in [3.63, 3.8) is 0 Å². The van der Waals surface area contributed by atoms with E-state index in [0.717, 1.165) is 11.5 Å². The topological polar surface area (TPSA) is 177 Å². The first-order valence-corrected chi connectivity index (χ1v) is 14.0. The summed E-state index contributed by atoms with van der Waals surface area (Å²) in [5.74, 6) is 1.02. The van der Waals surface area contributed by atoms with Gasteiger partial charge in [0.15, 0.2) is 9.84 Å². The van der Waals surface area contributed by atoms with E-state index in [0.29, 0.717) is 28.4 Å². The molecule has 0 saturated heterocycles. The number of sulfone groups is 1. The molecule has 0 atom stereocenters. The first-order chi connectivity index (χ1) is 17.8. The SMILES string of the molecule is COc1cc(OC)c(/C=C/S(=O)(=O)Cc2ccc(OC)c(-c3c(N)ccc(S(=O)(=O)O)c3N)c2)c(OC)c1. The Morgan fingerprint density at radius 1 is 0.816 bits per heavy atom. The van der Waals surface area contributed by atoms with Crippen LogP contribution in [0.5, 0.6) is 23.0 Å². The number of ether oxygens (including phenoxy) is 4. The number of hydrogen-bond donors (Lipinski definition) is 3. The van der Waals surface area contributed by atoms with Crippen molar-refractivity contribution in [3.05, 3.63) is 59.0 Å². The summed E-state index contributed by atoms with van der Waals surface area (Å²) in [6.07, 6.45) is 1.36. The van der Waals surface area contributed by atoms with E-state index in [4.69, 9.17) is 30.4 Å². The van der Waals surface area contributed by atoms with E-state index in [1.54, 1.807) is 18.2 Å². The second-order valence-corrected chi connectivity index (χ2v) is 11.3. The van der Waals surface area contributed by atoms with Crippen LogP contribution in [0.3, 0.4) is 0 Å². The lowest BCUT2D eigenvalue weighted by atomic mass is 9.99. The van der Waals surface area contributed by atoms with Crippen LogP contribution in [0.4, 0.5) is 11.4 Å². The molecule has 0 heterocycles. The molecule has 3 aromatic rings. The molecule has 204 valence electrons. The zero-order valence-electron chi connectivity index (χ0n) is 21.1. The van der Waals surface area contributed by atoms with E-state index in [1.807, 2.05) is 0 Å².